The maximum absolute atomic E-state index is 13.8. The smallest absolute Gasteiger partial charge is 0.302 e. The maximum atomic E-state index is 13.8. The predicted octanol–water partition coefficient (Wildman–Crippen LogP) is 1.95. The standard InChI is InChI=1S/C12H17ClFN3O2S/c13-10-5-3-6-11(12(10)14)16-20(18,19)17-7-2-1-4-9(17)8-15/h3,5-6,9,16H,1-2,4,7-8,15H2. The highest BCUT2D eigenvalue weighted by Gasteiger charge is 2.32. The third-order valence-corrected chi connectivity index (χ3v) is 5.21. The van der Waals surface area contributed by atoms with E-state index in [1.165, 1.54) is 22.5 Å². The quantitative estimate of drug-likeness (QED) is 0.890. The number of nitrogens with two attached hydrogens (primary N) is 1. The molecule has 0 saturated carbocycles. The Morgan fingerprint density at radius 3 is 2.90 bits per heavy atom. The Balaban J connectivity index is 2.24. The van der Waals surface area contributed by atoms with Crippen molar-refractivity contribution in [2.24, 2.45) is 5.73 Å². The Morgan fingerprint density at radius 2 is 2.20 bits per heavy atom. The fraction of sp³-hybridized carbons (Fsp3) is 0.500. The second-order valence-electron chi connectivity index (χ2n) is 4.70. The summed E-state index contributed by atoms with van der Waals surface area (Å²) in [5, 5.41) is -0.126. The van der Waals surface area contributed by atoms with Crippen LogP contribution in [0.25, 0.3) is 0 Å². The maximum Gasteiger partial charge on any atom is 0.302 e. The molecule has 0 aliphatic carbocycles. The Morgan fingerprint density at radius 1 is 1.45 bits per heavy atom. The van der Waals surface area contributed by atoms with Crippen LogP contribution in [-0.4, -0.2) is 31.9 Å². The summed E-state index contributed by atoms with van der Waals surface area (Å²) in [6.45, 7) is 0.637. The molecule has 0 amide bonds. The van der Waals surface area contributed by atoms with Crippen LogP contribution in [0.2, 0.25) is 5.02 Å². The Labute approximate surface area is 123 Å². The normalized spacial score (nSPS) is 20.9. The van der Waals surface area contributed by atoms with Crippen LogP contribution in [0, 0.1) is 5.82 Å². The molecular weight excluding hydrogens is 305 g/mol. The van der Waals surface area contributed by atoms with Crippen molar-refractivity contribution in [3.05, 3.63) is 29.0 Å². The van der Waals surface area contributed by atoms with E-state index >= 15 is 0 Å². The molecule has 1 aliphatic rings. The number of halogens is 2. The van der Waals surface area contributed by atoms with Crippen LogP contribution in [0.3, 0.4) is 0 Å². The van der Waals surface area contributed by atoms with Gasteiger partial charge < -0.3 is 5.73 Å². The second kappa shape index (κ2) is 6.26. The minimum atomic E-state index is -3.83. The molecule has 0 radical (unpaired) electrons. The third kappa shape index (κ3) is 3.22. The van der Waals surface area contributed by atoms with Crippen molar-refractivity contribution in [2.75, 3.05) is 17.8 Å². The zero-order chi connectivity index (χ0) is 14.8. The van der Waals surface area contributed by atoms with Gasteiger partial charge in [-0.15, -0.1) is 0 Å². The fourth-order valence-corrected chi connectivity index (χ4v) is 3.99. The van der Waals surface area contributed by atoms with Gasteiger partial charge in [-0.3, -0.25) is 4.72 Å². The van der Waals surface area contributed by atoms with Crippen LogP contribution >= 0.6 is 11.6 Å². The van der Waals surface area contributed by atoms with E-state index in [0.29, 0.717) is 6.54 Å². The number of benzene rings is 1. The monoisotopic (exact) mass is 321 g/mol. The molecule has 2 rings (SSSR count). The van der Waals surface area contributed by atoms with Gasteiger partial charge in [0.05, 0.1) is 10.7 Å². The van der Waals surface area contributed by atoms with Crippen LogP contribution < -0.4 is 10.5 Å². The van der Waals surface area contributed by atoms with Crippen LogP contribution in [0.4, 0.5) is 10.1 Å². The van der Waals surface area contributed by atoms with Crippen molar-refractivity contribution >= 4 is 27.5 Å². The van der Waals surface area contributed by atoms with Gasteiger partial charge in [0.2, 0.25) is 0 Å². The van der Waals surface area contributed by atoms with Gasteiger partial charge in [0.15, 0.2) is 5.82 Å². The lowest BCUT2D eigenvalue weighted by Crippen LogP contribution is -2.49. The molecule has 0 spiro atoms. The Kier molecular flexibility index (Phi) is 4.85. The lowest BCUT2D eigenvalue weighted by Gasteiger charge is -2.33. The Bertz CT molecular complexity index is 582. The van der Waals surface area contributed by atoms with E-state index < -0.39 is 16.0 Å². The lowest BCUT2D eigenvalue weighted by atomic mass is 10.1. The van der Waals surface area contributed by atoms with Gasteiger partial charge in [0, 0.05) is 19.1 Å². The van der Waals surface area contributed by atoms with Crippen LogP contribution in [-0.2, 0) is 10.2 Å². The Hall–Kier alpha value is -0.890. The summed E-state index contributed by atoms with van der Waals surface area (Å²) in [5.74, 6) is -0.779. The van der Waals surface area contributed by atoms with Crippen molar-refractivity contribution in [2.45, 2.75) is 25.3 Å². The largest absolute Gasteiger partial charge is 0.329 e. The first-order valence-corrected chi connectivity index (χ1v) is 8.21. The van der Waals surface area contributed by atoms with E-state index in [1.807, 2.05) is 0 Å². The van der Waals surface area contributed by atoms with Gasteiger partial charge in [-0.1, -0.05) is 24.1 Å². The SMILES string of the molecule is NCC1CCCCN1S(=O)(=O)Nc1cccc(Cl)c1F. The zero-order valence-electron chi connectivity index (χ0n) is 10.9. The van der Waals surface area contributed by atoms with Crippen LogP contribution in [0.1, 0.15) is 19.3 Å². The topological polar surface area (TPSA) is 75.4 Å². The highest BCUT2D eigenvalue weighted by atomic mass is 35.5. The molecule has 3 N–H and O–H groups in total. The molecule has 1 atom stereocenters. The summed E-state index contributed by atoms with van der Waals surface area (Å²) in [4.78, 5) is 0. The van der Waals surface area contributed by atoms with Crippen molar-refractivity contribution in [1.29, 1.82) is 0 Å². The summed E-state index contributed by atoms with van der Waals surface area (Å²) in [6.07, 6.45) is 2.43. The number of piperidine rings is 1. The van der Waals surface area contributed by atoms with Crippen molar-refractivity contribution < 1.29 is 12.8 Å². The number of hydrogen-bond acceptors (Lipinski definition) is 3. The number of nitrogens with one attached hydrogen (secondary N) is 1. The predicted molar refractivity (Wildman–Crippen MR) is 77.4 cm³/mol. The first kappa shape index (κ1) is 15.5. The number of hydrogen-bond donors (Lipinski definition) is 2. The van der Waals surface area contributed by atoms with Crippen LogP contribution in [0.15, 0.2) is 18.2 Å². The lowest BCUT2D eigenvalue weighted by molar-refractivity contribution is 0.259. The summed E-state index contributed by atoms with van der Waals surface area (Å²) < 4.78 is 42.0. The van der Waals surface area contributed by atoms with Gasteiger partial charge >= 0.3 is 10.2 Å². The number of rotatable bonds is 4. The van der Waals surface area contributed by atoms with E-state index in [0.717, 1.165) is 19.3 Å². The highest BCUT2D eigenvalue weighted by Crippen LogP contribution is 2.25. The molecule has 8 heteroatoms. The van der Waals surface area contributed by atoms with Crippen molar-refractivity contribution in [3.8, 4) is 0 Å². The first-order chi connectivity index (χ1) is 9.45. The molecule has 5 nitrogen and oxygen atoms in total. The van der Waals surface area contributed by atoms with Gasteiger partial charge in [0.25, 0.3) is 0 Å². The van der Waals surface area contributed by atoms with Gasteiger partial charge in [0.1, 0.15) is 0 Å². The van der Waals surface area contributed by atoms with E-state index in [4.69, 9.17) is 17.3 Å². The number of nitrogens with zero attached hydrogens (tertiary/aromatic N) is 1. The molecular formula is C12H17ClFN3O2S. The fourth-order valence-electron chi connectivity index (χ4n) is 2.31. The summed E-state index contributed by atoms with van der Waals surface area (Å²) in [7, 11) is -3.83. The van der Waals surface area contributed by atoms with Crippen molar-refractivity contribution in [3.63, 3.8) is 0 Å². The third-order valence-electron chi connectivity index (χ3n) is 3.34. The summed E-state index contributed by atoms with van der Waals surface area (Å²) in [5.41, 5.74) is 5.45. The van der Waals surface area contributed by atoms with Crippen LogP contribution in [0.5, 0.6) is 0 Å². The molecule has 20 heavy (non-hydrogen) atoms. The molecule has 0 aromatic heterocycles. The summed E-state index contributed by atoms with van der Waals surface area (Å²) in [6, 6.07) is 3.93. The van der Waals surface area contributed by atoms with Gasteiger partial charge in [-0.2, -0.15) is 12.7 Å². The molecule has 0 bridgehead atoms. The minimum Gasteiger partial charge on any atom is -0.329 e. The van der Waals surface area contributed by atoms with Gasteiger partial charge in [-0.05, 0) is 25.0 Å². The van der Waals surface area contributed by atoms with Crippen molar-refractivity contribution in [1.82, 2.24) is 4.31 Å². The van der Waals surface area contributed by atoms with E-state index in [9.17, 15) is 12.8 Å². The average molecular weight is 322 g/mol. The highest BCUT2D eigenvalue weighted by molar-refractivity contribution is 7.90. The molecule has 1 aliphatic heterocycles. The molecule has 1 unspecified atom stereocenters. The van der Waals surface area contributed by atoms with E-state index in [2.05, 4.69) is 4.72 Å². The second-order valence-corrected chi connectivity index (χ2v) is 6.73. The molecule has 112 valence electrons. The van der Waals surface area contributed by atoms with E-state index in [-0.39, 0.29) is 23.3 Å². The average Bonchev–Trinajstić information content (AvgIpc) is 2.43. The van der Waals surface area contributed by atoms with E-state index in [1.54, 1.807) is 0 Å². The zero-order valence-corrected chi connectivity index (χ0v) is 12.4. The summed E-state index contributed by atoms with van der Waals surface area (Å²) >= 11 is 5.64. The molecule has 1 heterocycles. The molecule has 1 saturated heterocycles. The van der Waals surface area contributed by atoms with Gasteiger partial charge in [-0.25, -0.2) is 4.39 Å². The molecule has 1 aromatic carbocycles. The molecule has 1 aromatic rings. The first-order valence-electron chi connectivity index (χ1n) is 6.39. The minimum absolute atomic E-state index is 0.126. The molecule has 1 fully saturated rings. The number of anilines is 1.